The Morgan fingerprint density at radius 3 is 2.35 bits per heavy atom. The first-order valence-corrected chi connectivity index (χ1v) is 8.23. The highest BCUT2D eigenvalue weighted by molar-refractivity contribution is 9.10. The Bertz CT molecular complexity index is 656. The number of hydrogen-bond acceptors (Lipinski definition) is 2. The second kappa shape index (κ2) is 8.48. The summed E-state index contributed by atoms with van der Waals surface area (Å²) in [6.07, 6.45) is 0.249. The molecule has 0 spiro atoms. The zero-order valence-corrected chi connectivity index (χ0v) is 14.5. The Kier molecular flexibility index (Phi) is 6.35. The first-order valence-electron chi connectivity index (χ1n) is 7.44. The van der Waals surface area contributed by atoms with E-state index in [2.05, 4.69) is 26.6 Å². The lowest BCUT2D eigenvalue weighted by atomic mass is 10.1. The Hall–Kier alpha value is -2.14. The smallest absolute Gasteiger partial charge is 0.251 e. The van der Waals surface area contributed by atoms with Crippen molar-refractivity contribution in [2.75, 3.05) is 6.54 Å². The van der Waals surface area contributed by atoms with Crippen molar-refractivity contribution in [3.63, 3.8) is 0 Å². The van der Waals surface area contributed by atoms with Crippen LogP contribution in [-0.4, -0.2) is 18.4 Å². The predicted molar refractivity (Wildman–Crippen MR) is 94.1 cm³/mol. The van der Waals surface area contributed by atoms with Crippen LogP contribution in [0.5, 0.6) is 0 Å². The maximum absolute atomic E-state index is 11.9. The number of carbonyl (C=O) groups excluding carboxylic acids is 2. The molecule has 0 saturated carbocycles. The summed E-state index contributed by atoms with van der Waals surface area (Å²) in [5.41, 5.74) is 1.63. The molecule has 0 saturated heterocycles. The molecule has 0 aliphatic carbocycles. The molecule has 0 radical (unpaired) electrons. The summed E-state index contributed by atoms with van der Waals surface area (Å²) in [5.74, 6) is -0.265. The summed E-state index contributed by atoms with van der Waals surface area (Å²) < 4.78 is 0.920. The number of carbonyl (C=O) groups is 2. The van der Waals surface area contributed by atoms with Crippen LogP contribution < -0.4 is 10.6 Å². The zero-order valence-electron chi connectivity index (χ0n) is 12.9. The van der Waals surface area contributed by atoms with Crippen molar-refractivity contribution in [1.29, 1.82) is 0 Å². The number of halogens is 1. The van der Waals surface area contributed by atoms with E-state index in [4.69, 9.17) is 0 Å². The number of benzene rings is 2. The molecule has 2 rings (SSSR count). The summed E-state index contributed by atoms with van der Waals surface area (Å²) >= 11 is 3.32. The van der Waals surface area contributed by atoms with Crippen molar-refractivity contribution < 1.29 is 9.59 Å². The van der Waals surface area contributed by atoms with Crippen LogP contribution in [0.25, 0.3) is 0 Å². The molecule has 0 heterocycles. The predicted octanol–water partition coefficient (Wildman–Crippen LogP) is 3.45. The lowest BCUT2D eigenvalue weighted by Gasteiger charge is -2.14. The summed E-state index contributed by atoms with van der Waals surface area (Å²) in [4.78, 5) is 23.8. The summed E-state index contributed by atoms with van der Waals surface area (Å²) in [5, 5.41) is 5.67. The number of hydrogen-bond donors (Lipinski definition) is 2. The topological polar surface area (TPSA) is 58.2 Å². The normalized spacial score (nSPS) is 11.6. The maximum atomic E-state index is 11.9. The average molecular weight is 375 g/mol. The third kappa shape index (κ3) is 5.53. The molecule has 0 bridgehead atoms. The van der Waals surface area contributed by atoms with Gasteiger partial charge in [0.05, 0.1) is 6.04 Å². The fraction of sp³-hybridized carbons (Fsp3) is 0.222. The van der Waals surface area contributed by atoms with Gasteiger partial charge in [0.25, 0.3) is 5.91 Å². The largest absolute Gasteiger partial charge is 0.352 e. The van der Waals surface area contributed by atoms with Gasteiger partial charge in [0.15, 0.2) is 0 Å². The minimum absolute atomic E-state index is 0.0501. The van der Waals surface area contributed by atoms with E-state index in [1.54, 1.807) is 12.1 Å². The van der Waals surface area contributed by atoms with E-state index < -0.39 is 0 Å². The van der Waals surface area contributed by atoms with E-state index in [-0.39, 0.29) is 24.3 Å². The van der Waals surface area contributed by atoms with E-state index in [0.29, 0.717) is 12.1 Å². The van der Waals surface area contributed by atoms with Crippen molar-refractivity contribution in [2.45, 2.75) is 19.4 Å². The van der Waals surface area contributed by atoms with Crippen LogP contribution in [0.4, 0.5) is 0 Å². The third-order valence-corrected chi connectivity index (χ3v) is 3.95. The fourth-order valence-electron chi connectivity index (χ4n) is 2.13. The van der Waals surface area contributed by atoms with Crippen LogP contribution in [0.15, 0.2) is 59.1 Å². The zero-order chi connectivity index (χ0) is 16.7. The van der Waals surface area contributed by atoms with Gasteiger partial charge in [-0.15, -0.1) is 0 Å². The molecule has 0 aliphatic heterocycles. The van der Waals surface area contributed by atoms with Crippen LogP contribution in [0.3, 0.4) is 0 Å². The van der Waals surface area contributed by atoms with E-state index in [0.717, 1.165) is 10.0 Å². The average Bonchev–Trinajstić information content (AvgIpc) is 2.56. The van der Waals surface area contributed by atoms with Crippen molar-refractivity contribution >= 4 is 27.7 Å². The molecule has 2 aromatic carbocycles. The summed E-state index contributed by atoms with van der Waals surface area (Å²) in [6.45, 7) is 2.25. The molecule has 4 nitrogen and oxygen atoms in total. The van der Waals surface area contributed by atoms with Gasteiger partial charge >= 0.3 is 0 Å². The van der Waals surface area contributed by atoms with Gasteiger partial charge in [-0.2, -0.15) is 0 Å². The van der Waals surface area contributed by atoms with Crippen molar-refractivity contribution in [3.8, 4) is 0 Å². The third-order valence-electron chi connectivity index (χ3n) is 3.42. The van der Waals surface area contributed by atoms with Gasteiger partial charge in [-0.1, -0.05) is 46.3 Å². The molecule has 2 amide bonds. The number of rotatable bonds is 6. The van der Waals surface area contributed by atoms with Gasteiger partial charge < -0.3 is 10.6 Å². The molecule has 23 heavy (non-hydrogen) atoms. The van der Waals surface area contributed by atoms with Crippen LogP contribution >= 0.6 is 15.9 Å². The van der Waals surface area contributed by atoms with Gasteiger partial charge in [-0.05, 0) is 36.8 Å². The van der Waals surface area contributed by atoms with Gasteiger partial charge in [0, 0.05) is 23.0 Å². The lowest BCUT2D eigenvalue weighted by Crippen LogP contribution is -2.32. The molecule has 0 aromatic heterocycles. The molecule has 0 unspecified atom stereocenters. The van der Waals surface area contributed by atoms with Gasteiger partial charge in [-0.25, -0.2) is 0 Å². The highest BCUT2D eigenvalue weighted by Crippen LogP contribution is 2.11. The molecule has 5 heteroatoms. The number of nitrogens with one attached hydrogen (secondary N) is 2. The van der Waals surface area contributed by atoms with Crippen molar-refractivity contribution in [3.05, 3.63) is 70.2 Å². The Labute approximate surface area is 144 Å². The molecule has 1 atom stereocenters. The highest BCUT2D eigenvalue weighted by atomic mass is 79.9. The monoisotopic (exact) mass is 374 g/mol. The first kappa shape index (κ1) is 17.2. The van der Waals surface area contributed by atoms with Crippen molar-refractivity contribution in [1.82, 2.24) is 10.6 Å². The fourth-order valence-corrected chi connectivity index (χ4v) is 2.40. The lowest BCUT2D eigenvalue weighted by molar-refractivity contribution is -0.121. The first-order chi connectivity index (χ1) is 11.1. The molecule has 120 valence electrons. The van der Waals surface area contributed by atoms with E-state index in [1.165, 1.54) is 0 Å². The second-order valence-electron chi connectivity index (χ2n) is 5.21. The van der Waals surface area contributed by atoms with Gasteiger partial charge in [0.2, 0.25) is 5.91 Å². The Balaban J connectivity index is 1.74. The maximum Gasteiger partial charge on any atom is 0.251 e. The molecular formula is C18H19BrN2O2. The quantitative estimate of drug-likeness (QED) is 0.813. The van der Waals surface area contributed by atoms with Crippen LogP contribution in [0.2, 0.25) is 0 Å². The van der Waals surface area contributed by atoms with Crippen LogP contribution in [0.1, 0.15) is 35.3 Å². The highest BCUT2D eigenvalue weighted by Gasteiger charge is 2.10. The molecule has 0 aliphatic rings. The van der Waals surface area contributed by atoms with Crippen LogP contribution in [0, 0.1) is 0 Å². The van der Waals surface area contributed by atoms with Crippen LogP contribution in [-0.2, 0) is 4.79 Å². The van der Waals surface area contributed by atoms with E-state index >= 15 is 0 Å². The molecule has 2 N–H and O–H groups in total. The van der Waals surface area contributed by atoms with Gasteiger partial charge in [-0.3, -0.25) is 9.59 Å². The Morgan fingerprint density at radius 1 is 1.04 bits per heavy atom. The Morgan fingerprint density at radius 2 is 1.70 bits per heavy atom. The molecule has 0 fully saturated rings. The van der Waals surface area contributed by atoms with Gasteiger partial charge in [0.1, 0.15) is 0 Å². The summed E-state index contributed by atoms with van der Waals surface area (Å²) in [7, 11) is 0. The van der Waals surface area contributed by atoms with Crippen molar-refractivity contribution in [2.24, 2.45) is 0 Å². The minimum atomic E-state index is -0.179. The van der Waals surface area contributed by atoms with E-state index in [1.807, 2.05) is 49.4 Å². The SMILES string of the molecule is C[C@H](NC(=O)CCNC(=O)c1ccc(Br)cc1)c1ccccc1. The number of amides is 2. The molecular weight excluding hydrogens is 356 g/mol. The second-order valence-corrected chi connectivity index (χ2v) is 6.13. The van der Waals surface area contributed by atoms with E-state index in [9.17, 15) is 9.59 Å². The molecule has 2 aromatic rings. The summed E-state index contributed by atoms with van der Waals surface area (Å²) in [6, 6.07) is 16.8. The minimum Gasteiger partial charge on any atom is -0.352 e. The standard InChI is InChI=1S/C18H19BrN2O2/c1-13(14-5-3-2-4-6-14)21-17(22)11-12-20-18(23)15-7-9-16(19)10-8-15/h2-10,13H,11-12H2,1H3,(H,20,23)(H,21,22)/t13-/m0/s1.